The molecule has 7 nitrogen and oxygen atoms in total. The molecule has 2 amide bonds. The van der Waals surface area contributed by atoms with Crippen molar-refractivity contribution in [2.75, 3.05) is 39.9 Å². The zero-order chi connectivity index (χ0) is 18.4. The third-order valence-corrected chi connectivity index (χ3v) is 3.69. The molecule has 0 aromatic heterocycles. The van der Waals surface area contributed by atoms with E-state index in [1.54, 1.807) is 35.1 Å². The minimum Gasteiger partial charge on any atom is -0.497 e. The number of piperazine rings is 1. The van der Waals surface area contributed by atoms with Gasteiger partial charge in [-0.15, -0.1) is 0 Å². The van der Waals surface area contributed by atoms with Crippen molar-refractivity contribution < 1.29 is 23.8 Å². The normalized spacial score (nSPS) is 14.9. The highest BCUT2D eigenvalue weighted by molar-refractivity contribution is 5.78. The molecule has 138 valence electrons. The summed E-state index contributed by atoms with van der Waals surface area (Å²) in [7, 11) is 1.58. The highest BCUT2D eigenvalue weighted by atomic mass is 16.6. The van der Waals surface area contributed by atoms with Gasteiger partial charge in [0.2, 0.25) is 0 Å². The topological polar surface area (TPSA) is 68.3 Å². The van der Waals surface area contributed by atoms with Crippen LogP contribution in [0.4, 0.5) is 4.79 Å². The molecule has 1 saturated heterocycles. The molecule has 1 fully saturated rings. The third kappa shape index (κ3) is 5.85. The summed E-state index contributed by atoms with van der Waals surface area (Å²) in [6.45, 7) is 7.32. The van der Waals surface area contributed by atoms with Crippen LogP contribution in [0.3, 0.4) is 0 Å². The molecule has 0 spiro atoms. The van der Waals surface area contributed by atoms with E-state index in [2.05, 4.69) is 0 Å². The number of hydrogen-bond acceptors (Lipinski definition) is 5. The Balaban J connectivity index is 1.78. The Morgan fingerprint density at radius 3 is 2.24 bits per heavy atom. The number of benzene rings is 1. The number of nitrogens with zero attached hydrogens (tertiary/aromatic N) is 2. The van der Waals surface area contributed by atoms with Crippen LogP contribution in [0.5, 0.6) is 11.5 Å². The molecule has 2 rings (SSSR count). The Kier molecular flexibility index (Phi) is 6.12. The number of hydrogen-bond donors (Lipinski definition) is 0. The SMILES string of the molecule is COc1cccc(OCC(=O)N2CCN(C(=O)OC(C)(C)C)CC2)c1. The van der Waals surface area contributed by atoms with Gasteiger partial charge in [0.05, 0.1) is 7.11 Å². The summed E-state index contributed by atoms with van der Waals surface area (Å²) in [5.74, 6) is 1.16. The van der Waals surface area contributed by atoms with E-state index in [4.69, 9.17) is 14.2 Å². The van der Waals surface area contributed by atoms with Crippen molar-refractivity contribution in [1.29, 1.82) is 0 Å². The second-order valence-electron chi connectivity index (χ2n) is 6.82. The zero-order valence-electron chi connectivity index (χ0n) is 15.3. The molecule has 0 aliphatic carbocycles. The van der Waals surface area contributed by atoms with Gasteiger partial charge in [-0.3, -0.25) is 4.79 Å². The largest absolute Gasteiger partial charge is 0.497 e. The van der Waals surface area contributed by atoms with Crippen LogP contribution in [0.1, 0.15) is 20.8 Å². The highest BCUT2D eigenvalue weighted by Crippen LogP contribution is 2.19. The maximum atomic E-state index is 12.3. The number of amides is 2. The number of ether oxygens (including phenoxy) is 3. The van der Waals surface area contributed by atoms with E-state index in [0.29, 0.717) is 37.7 Å². The molecule has 1 aliphatic heterocycles. The highest BCUT2D eigenvalue weighted by Gasteiger charge is 2.27. The predicted octanol–water partition coefficient (Wildman–Crippen LogP) is 2.15. The van der Waals surface area contributed by atoms with Gasteiger partial charge in [-0.05, 0) is 32.9 Å². The van der Waals surface area contributed by atoms with Crippen molar-refractivity contribution in [1.82, 2.24) is 9.80 Å². The molecule has 0 radical (unpaired) electrons. The van der Waals surface area contributed by atoms with Gasteiger partial charge in [0, 0.05) is 32.2 Å². The van der Waals surface area contributed by atoms with Crippen molar-refractivity contribution in [3.05, 3.63) is 24.3 Å². The Morgan fingerprint density at radius 2 is 1.64 bits per heavy atom. The van der Waals surface area contributed by atoms with Gasteiger partial charge in [0.15, 0.2) is 6.61 Å². The van der Waals surface area contributed by atoms with Crippen LogP contribution >= 0.6 is 0 Å². The van der Waals surface area contributed by atoms with Crippen LogP contribution in [0.25, 0.3) is 0 Å². The lowest BCUT2D eigenvalue weighted by Gasteiger charge is -2.35. The molecule has 1 aliphatic rings. The van der Waals surface area contributed by atoms with Crippen LogP contribution in [-0.2, 0) is 9.53 Å². The maximum absolute atomic E-state index is 12.3. The minimum atomic E-state index is -0.519. The first-order valence-electron chi connectivity index (χ1n) is 8.31. The predicted molar refractivity (Wildman–Crippen MR) is 92.9 cm³/mol. The van der Waals surface area contributed by atoms with Crippen LogP contribution in [0, 0.1) is 0 Å². The molecule has 1 aromatic rings. The van der Waals surface area contributed by atoms with Crippen molar-refractivity contribution in [2.24, 2.45) is 0 Å². The van der Waals surface area contributed by atoms with Gasteiger partial charge >= 0.3 is 6.09 Å². The van der Waals surface area contributed by atoms with Gasteiger partial charge in [-0.2, -0.15) is 0 Å². The molecule has 0 bridgehead atoms. The lowest BCUT2D eigenvalue weighted by Crippen LogP contribution is -2.52. The monoisotopic (exact) mass is 350 g/mol. The average Bonchev–Trinajstić information content (AvgIpc) is 2.58. The Hall–Kier alpha value is -2.44. The van der Waals surface area contributed by atoms with Gasteiger partial charge in [-0.25, -0.2) is 4.79 Å². The first-order chi connectivity index (χ1) is 11.8. The fourth-order valence-electron chi connectivity index (χ4n) is 2.39. The van der Waals surface area contributed by atoms with Crippen LogP contribution in [0.15, 0.2) is 24.3 Å². The van der Waals surface area contributed by atoms with Crippen molar-refractivity contribution in [3.63, 3.8) is 0 Å². The van der Waals surface area contributed by atoms with E-state index in [1.165, 1.54) is 0 Å². The summed E-state index contributed by atoms with van der Waals surface area (Å²) in [5.41, 5.74) is -0.519. The molecule has 0 atom stereocenters. The van der Waals surface area contributed by atoms with Gasteiger partial charge in [0.25, 0.3) is 5.91 Å². The molecule has 7 heteroatoms. The third-order valence-electron chi connectivity index (χ3n) is 3.69. The molecule has 0 saturated carbocycles. The van der Waals surface area contributed by atoms with Crippen LogP contribution < -0.4 is 9.47 Å². The van der Waals surface area contributed by atoms with E-state index in [0.717, 1.165) is 0 Å². The van der Waals surface area contributed by atoms with Crippen molar-refractivity contribution in [3.8, 4) is 11.5 Å². The van der Waals surface area contributed by atoms with Crippen molar-refractivity contribution >= 4 is 12.0 Å². The second kappa shape index (κ2) is 8.09. The number of carbonyl (C=O) groups excluding carboxylic acids is 2. The Bertz CT molecular complexity index is 604. The van der Waals surface area contributed by atoms with E-state index in [-0.39, 0.29) is 18.6 Å². The lowest BCUT2D eigenvalue weighted by atomic mass is 10.2. The summed E-state index contributed by atoms with van der Waals surface area (Å²) in [4.78, 5) is 27.6. The quantitative estimate of drug-likeness (QED) is 0.832. The van der Waals surface area contributed by atoms with Crippen LogP contribution in [0.2, 0.25) is 0 Å². The smallest absolute Gasteiger partial charge is 0.410 e. The molecule has 0 N–H and O–H groups in total. The average molecular weight is 350 g/mol. The first-order valence-corrected chi connectivity index (χ1v) is 8.31. The van der Waals surface area contributed by atoms with Gasteiger partial charge in [0.1, 0.15) is 17.1 Å². The maximum Gasteiger partial charge on any atom is 0.410 e. The molecule has 25 heavy (non-hydrogen) atoms. The summed E-state index contributed by atoms with van der Waals surface area (Å²) >= 11 is 0. The number of rotatable bonds is 4. The van der Waals surface area contributed by atoms with E-state index in [9.17, 15) is 9.59 Å². The first kappa shape index (κ1) is 18.9. The Morgan fingerprint density at radius 1 is 1.04 bits per heavy atom. The standard InChI is InChI=1S/C18H26N2O5/c1-18(2,3)25-17(22)20-10-8-19(9-11-20)16(21)13-24-15-7-5-6-14(12-15)23-4/h5-7,12H,8-11,13H2,1-4H3. The summed E-state index contributed by atoms with van der Waals surface area (Å²) in [5, 5.41) is 0. The minimum absolute atomic E-state index is 0.0421. The Labute approximate surface area is 148 Å². The summed E-state index contributed by atoms with van der Waals surface area (Å²) < 4.78 is 16.0. The van der Waals surface area contributed by atoms with Crippen LogP contribution in [-0.4, -0.2) is 67.3 Å². The lowest BCUT2D eigenvalue weighted by molar-refractivity contribution is -0.135. The molecular formula is C18H26N2O5. The van der Waals surface area contributed by atoms with E-state index < -0.39 is 5.60 Å². The van der Waals surface area contributed by atoms with Gasteiger partial charge in [-0.1, -0.05) is 6.07 Å². The van der Waals surface area contributed by atoms with E-state index in [1.807, 2.05) is 26.8 Å². The molecular weight excluding hydrogens is 324 g/mol. The summed E-state index contributed by atoms with van der Waals surface area (Å²) in [6.07, 6.45) is -0.341. The number of carbonyl (C=O) groups is 2. The zero-order valence-corrected chi connectivity index (χ0v) is 15.3. The fourth-order valence-corrected chi connectivity index (χ4v) is 2.39. The fraction of sp³-hybridized carbons (Fsp3) is 0.556. The molecule has 1 heterocycles. The van der Waals surface area contributed by atoms with E-state index >= 15 is 0 Å². The van der Waals surface area contributed by atoms with Gasteiger partial charge < -0.3 is 24.0 Å². The summed E-state index contributed by atoms with van der Waals surface area (Å²) in [6, 6.07) is 7.12. The molecule has 1 aromatic carbocycles. The second-order valence-corrected chi connectivity index (χ2v) is 6.82. The molecule has 0 unspecified atom stereocenters. The van der Waals surface area contributed by atoms with Crippen molar-refractivity contribution in [2.45, 2.75) is 26.4 Å². The number of methoxy groups -OCH3 is 1.